The van der Waals surface area contributed by atoms with Crippen LogP contribution < -0.4 is 5.32 Å². The summed E-state index contributed by atoms with van der Waals surface area (Å²) in [5.41, 5.74) is 0.966. The Hall–Kier alpha value is -2.28. The Balaban J connectivity index is 1.76. The molecule has 0 bridgehead atoms. The van der Waals surface area contributed by atoms with Gasteiger partial charge in [-0.15, -0.1) is 10.2 Å². The zero-order chi connectivity index (χ0) is 18.0. The van der Waals surface area contributed by atoms with E-state index in [-0.39, 0.29) is 24.3 Å². The van der Waals surface area contributed by atoms with Gasteiger partial charge < -0.3 is 10.2 Å². The van der Waals surface area contributed by atoms with Crippen LogP contribution in [-0.2, 0) is 16.0 Å². The van der Waals surface area contributed by atoms with E-state index in [0.717, 1.165) is 17.0 Å². The highest BCUT2D eigenvalue weighted by Gasteiger charge is 2.42. The first-order valence-electron chi connectivity index (χ1n) is 8.39. The summed E-state index contributed by atoms with van der Waals surface area (Å²) in [5.74, 6) is -0.150. The number of nitrogens with one attached hydrogen (secondary N) is 1. The lowest BCUT2D eigenvalue weighted by Crippen LogP contribution is -2.29. The van der Waals surface area contributed by atoms with Crippen LogP contribution in [0.5, 0.6) is 0 Å². The molecule has 3 rings (SSSR count). The van der Waals surface area contributed by atoms with Crippen LogP contribution in [0.15, 0.2) is 30.3 Å². The zero-order valence-corrected chi connectivity index (χ0v) is 15.4. The molecule has 0 unspecified atom stereocenters. The van der Waals surface area contributed by atoms with Gasteiger partial charge >= 0.3 is 0 Å². The quantitative estimate of drug-likeness (QED) is 0.892. The van der Waals surface area contributed by atoms with E-state index in [1.54, 1.807) is 11.9 Å². The first-order valence-corrected chi connectivity index (χ1v) is 9.21. The monoisotopic (exact) mass is 358 g/mol. The largest absolute Gasteiger partial charge is 0.338 e. The third kappa shape index (κ3) is 3.87. The molecule has 2 aromatic rings. The fraction of sp³-hybridized carbons (Fsp3) is 0.444. The maximum absolute atomic E-state index is 12.8. The van der Waals surface area contributed by atoms with E-state index >= 15 is 0 Å². The van der Waals surface area contributed by atoms with Crippen LogP contribution in [0.2, 0.25) is 0 Å². The molecular formula is C18H22N4O2S. The fourth-order valence-electron chi connectivity index (χ4n) is 3.14. The smallest absolute Gasteiger partial charge is 0.232 e. The standard InChI is InChI=1S/C18H22N4O2S/c1-11(2)9-14-20-21-18(25-14)19-17(24)13-10-15(23)22(3)16(13)12-7-5-4-6-8-12/h4-8,11,13,16H,9-10H2,1-3H3,(H,19,21,24)/t13-,16-/m1/s1. The van der Waals surface area contributed by atoms with Crippen molar-refractivity contribution >= 4 is 28.3 Å². The second-order valence-electron chi connectivity index (χ2n) is 6.76. The highest BCUT2D eigenvalue weighted by Crippen LogP contribution is 2.37. The van der Waals surface area contributed by atoms with E-state index in [2.05, 4.69) is 29.4 Å². The minimum atomic E-state index is -0.433. The van der Waals surface area contributed by atoms with Crippen molar-refractivity contribution in [2.24, 2.45) is 11.8 Å². The number of hydrogen-bond donors (Lipinski definition) is 1. The second kappa shape index (κ2) is 7.31. The molecule has 1 aromatic carbocycles. The molecule has 1 fully saturated rings. The van der Waals surface area contributed by atoms with Gasteiger partial charge in [0.1, 0.15) is 5.01 Å². The Morgan fingerprint density at radius 3 is 2.72 bits per heavy atom. The number of anilines is 1. The highest BCUT2D eigenvalue weighted by atomic mass is 32.1. The van der Waals surface area contributed by atoms with E-state index in [1.165, 1.54) is 11.3 Å². The topological polar surface area (TPSA) is 75.2 Å². The number of carbonyl (C=O) groups excluding carboxylic acids is 2. The van der Waals surface area contributed by atoms with Gasteiger partial charge in [-0.2, -0.15) is 0 Å². The lowest BCUT2D eigenvalue weighted by atomic mass is 9.93. The highest BCUT2D eigenvalue weighted by molar-refractivity contribution is 7.15. The molecule has 6 nitrogen and oxygen atoms in total. The van der Waals surface area contributed by atoms with Crippen LogP contribution in [0.4, 0.5) is 5.13 Å². The van der Waals surface area contributed by atoms with Crippen LogP contribution in [0.1, 0.15) is 36.9 Å². The molecule has 1 aliphatic heterocycles. The molecule has 1 aliphatic rings. The maximum Gasteiger partial charge on any atom is 0.232 e. The average molecular weight is 358 g/mol. The van der Waals surface area contributed by atoms with E-state index in [1.807, 2.05) is 30.3 Å². The normalized spacial score (nSPS) is 20.3. The number of likely N-dealkylation sites (tertiary alicyclic amines) is 1. The van der Waals surface area contributed by atoms with Gasteiger partial charge in [0.05, 0.1) is 12.0 Å². The third-order valence-corrected chi connectivity index (χ3v) is 5.21. The van der Waals surface area contributed by atoms with Crippen LogP contribution in [0.3, 0.4) is 0 Å². The molecule has 2 heterocycles. The van der Waals surface area contributed by atoms with Gasteiger partial charge in [0.25, 0.3) is 0 Å². The van der Waals surface area contributed by atoms with Crippen molar-refractivity contribution in [1.82, 2.24) is 15.1 Å². The van der Waals surface area contributed by atoms with Crippen molar-refractivity contribution < 1.29 is 9.59 Å². The van der Waals surface area contributed by atoms with E-state index < -0.39 is 5.92 Å². The molecule has 7 heteroatoms. The number of amides is 2. The van der Waals surface area contributed by atoms with Crippen molar-refractivity contribution in [1.29, 1.82) is 0 Å². The van der Waals surface area contributed by atoms with Gasteiger partial charge in [-0.25, -0.2) is 0 Å². The van der Waals surface area contributed by atoms with Gasteiger partial charge in [-0.05, 0) is 11.5 Å². The molecule has 2 amide bonds. The van der Waals surface area contributed by atoms with Gasteiger partial charge in [0.2, 0.25) is 16.9 Å². The molecule has 2 atom stereocenters. The van der Waals surface area contributed by atoms with Gasteiger partial charge in [0.15, 0.2) is 0 Å². The lowest BCUT2D eigenvalue weighted by Gasteiger charge is -2.24. The van der Waals surface area contributed by atoms with Gasteiger partial charge in [0, 0.05) is 19.9 Å². The summed E-state index contributed by atoms with van der Waals surface area (Å²) in [5, 5.41) is 12.4. The lowest BCUT2D eigenvalue weighted by molar-refractivity contribution is -0.127. The SMILES string of the molecule is CC(C)Cc1nnc(NC(=O)[C@@H]2CC(=O)N(C)[C@@H]2c2ccccc2)s1. The molecule has 0 radical (unpaired) electrons. The molecule has 25 heavy (non-hydrogen) atoms. The number of hydrogen-bond acceptors (Lipinski definition) is 5. The molecule has 1 aromatic heterocycles. The summed E-state index contributed by atoms with van der Waals surface area (Å²) in [4.78, 5) is 26.6. The molecule has 1 saturated heterocycles. The van der Waals surface area contributed by atoms with E-state index in [9.17, 15) is 9.59 Å². The molecule has 0 spiro atoms. The molecule has 1 N–H and O–H groups in total. The van der Waals surface area contributed by atoms with Gasteiger partial charge in [-0.3, -0.25) is 9.59 Å². The third-order valence-electron chi connectivity index (χ3n) is 4.34. The van der Waals surface area contributed by atoms with Crippen LogP contribution >= 0.6 is 11.3 Å². The average Bonchev–Trinajstić information content (AvgIpc) is 3.12. The van der Waals surface area contributed by atoms with Crippen LogP contribution in [0.25, 0.3) is 0 Å². The van der Waals surface area contributed by atoms with Crippen LogP contribution in [0, 0.1) is 11.8 Å². The number of rotatable bonds is 5. The first kappa shape index (κ1) is 17.5. The van der Waals surface area contributed by atoms with E-state index in [4.69, 9.17) is 0 Å². The van der Waals surface area contributed by atoms with E-state index in [0.29, 0.717) is 11.0 Å². The second-order valence-corrected chi connectivity index (χ2v) is 7.82. The van der Waals surface area contributed by atoms with Crippen molar-refractivity contribution in [2.75, 3.05) is 12.4 Å². The van der Waals surface area contributed by atoms with Crippen molar-refractivity contribution in [2.45, 2.75) is 32.7 Å². The Labute approximate surface area is 151 Å². The summed E-state index contributed by atoms with van der Waals surface area (Å²) in [6.07, 6.45) is 1.05. The van der Waals surface area contributed by atoms with Crippen LogP contribution in [-0.4, -0.2) is 34.0 Å². The summed E-state index contributed by atoms with van der Waals surface area (Å²) < 4.78 is 0. The minimum Gasteiger partial charge on any atom is -0.338 e. The predicted octanol–water partition coefficient (Wildman–Crippen LogP) is 2.89. The Kier molecular flexibility index (Phi) is 5.13. The van der Waals surface area contributed by atoms with Crippen molar-refractivity contribution in [3.05, 3.63) is 40.9 Å². The number of carbonyl (C=O) groups is 2. The van der Waals surface area contributed by atoms with Crippen molar-refractivity contribution in [3.63, 3.8) is 0 Å². The summed E-state index contributed by atoms with van der Waals surface area (Å²) in [6, 6.07) is 9.41. The number of benzene rings is 1. The zero-order valence-electron chi connectivity index (χ0n) is 14.6. The Morgan fingerprint density at radius 2 is 2.04 bits per heavy atom. The minimum absolute atomic E-state index is 0.0215. The predicted molar refractivity (Wildman–Crippen MR) is 97.1 cm³/mol. The Morgan fingerprint density at radius 1 is 1.32 bits per heavy atom. The van der Waals surface area contributed by atoms with Gasteiger partial charge in [-0.1, -0.05) is 55.5 Å². The summed E-state index contributed by atoms with van der Waals surface area (Å²) >= 11 is 1.39. The number of aromatic nitrogens is 2. The molecule has 0 saturated carbocycles. The number of nitrogens with zero attached hydrogens (tertiary/aromatic N) is 3. The molecule has 0 aliphatic carbocycles. The first-order chi connectivity index (χ1) is 12.0. The summed E-state index contributed by atoms with van der Waals surface area (Å²) in [6.45, 7) is 4.23. The molecular weight excluding hydrogens is 336 g/mol. The summed E-state index contributed by atoms with van der Waals surface area (Å²) in [7, 11) is 1.75. The van der Waals surface area contributed by atoms with Crippen molar-refractivity contribution in [3.8, 4) is 0 Å². The molecule has 132 valence electrons. The Bertz CT molecular complexity index is 759. The fourth-order valence-corrected chi connectivity index (χ4v) is 4.10. The maximum atomic E-state index is 12.8.